The van der Waals surface area contributed by atoms with Gasteiger partial charge in [0, 0.05) is 28.4 Å². The lowest BCUT2D eigenvalue weighted by Gasteiger charge is -2.14. The SMILES string of the molecule is COc1ccc(/C=N\NC(=O)c2ccc(NC(=O)c3cc(OC)c(OC)c(OC)c3)cc2)c(OC)c1. The molecule has 36 heavy (non-hydrogen) atoms. The van der Waals surface area contributed by atoms with Crippen LogP contribution in [0.5, 0.6) is 28.7 Å². The monoisotopic (exact) mass is 493 g/mol. The number of nitrogens with one attached hydrogen (secondary N) is 2. The molecule has 10 nitrogen and oxygen atoms in total. The lowest BCUT2D eigenvalue weighted by molar-refractivity contribution is 0.0954. The summed E-state index contributed by atoms with van der Waals surface area (Å²) in [4.78, 5) is 25.2. The van der Waals surface area contributed by atoms with Crippen molar-refractivity contribution < 1.29 is 33.3 Å². The highest BCUT2D eigenvalue weighted by atomic mass is 16.5. The number of hydrogen-bond acceptors (Lipinski definition) is 8. The van der Waals surface area contributed by atoms with Crippen molar-refractivity contribution in [1.29, 1.82) is 0 Å². The molecule has 0 aliphatic heterocycles. The number of carbonyl (C=O) groups excluding carboxylic acids is 2. The molecule has 0 aromatic heterocycles. The van der Waals surface area contributed by atoms with Gasteiger partial charge in [0.2, 0.25) is 5.75 Å². The first-order valence-corrected chi connectivity index (χ1v) is 10.7. The summed E-state index contributed by atoms with van der Waals surface area (Å²) in [5.41, 5.74) is 4.31. The van der Waals surface area contributed by atoms with E-state index in [-0.39, 0.29) is 5.91 Å². The van der Waals surface area contributed by atoms with Crippen molar-refractivity contribution in [2.24, 2.45) is 5.10 Å². The van der Waals surface area contributed by atoms with Gasteiger partial charge in [0.15, 0.2) is 11.5 Å². The van der Waals surface area contributed by atoms with Crippen LogP contribution in [0, 0.1) is 0 Å². The minimum Gasteiger partial charge on any atom is -0.497 e. The number of rotatable bonds is 10. The molecule has 0 bridgehead atoms. The Balaban J connectivity index is 1.65. The maximum absolute atomic E-state index is 12.8. The van der Waals surface area contributed by atoms with Gasteiger partial charge in [-0.3, -0.25) is 9.59 Å². The molecule has 0 radical (unpaired) electrons. The van der Waals surface area contributed by atoms with Crippen LogP contribution >= 0.6 is 0 Å². The number of ether oxygens (including phenoxy) is 5. The van der Waals surface area contributed by atoms with Crippen LogP contribution in [0.2, 0.25) is 0 Å². The third kappa shape index (κ3) is 6.03. The molecule has 0 aliphatic rings. The summed E-state index contributed by atoms with van der Waals surface area (Å²) in [6, 6.07) is 14.7. The number of carbonyl (C=O) groups is 2. The van der Waals surface area contributed by atoms with E-state index < -0.39 is 5.91 Å². The summed E-state index contributed by atoms with van der Waals surface area (Å²) in [5.74, 6) is 1.51. The topological polar surface area (TPSA) is 117 Å². The van der Waals surface area contributed by atoms with Gasteiger partial charge >= 0.3 is 0 Å². The second-order valence-electron chi connectivity index (χ2n) is 7.25. The summed E-state index contributed by atoms with van der Waals surface area (Å²) in [6.45, 7) is 0. The number of methoxy groups -OCH3 is 5. The van der Waals surface area contributed by atoms with E-state index in [1.807, 2.05) is 0 Å². The number of hydrogen-bond donors (Lipinski definition) is 2. The van der Waals surface area contributed by atoms with E-state index in [1.165, 1.54) is 34.7 Å². The van der Waals surface area contributed by atoms with Gasteiger partial charge < -0.3 is 29.0 Å². The maximum Gasteiger partial charge on any atom is 0.271 e. The summed E-state index contributed by atoms with van der Waals surface area (Å²) in [6.07, 6.45) is 1.47. The average molecular weight is 494 g/mol. The molecule has 3 aromatic carbocycles. The first kappa shape index (κ1) is 25.9. The van der Waals surface area contributed by atoms with Gasteiger partial charge in [-0.15, -0.1) is 0 Å². The third-order valence-electron chi connectivity index (χ3n) is 5.14. The molecular formula is C26H27N3O7. The molecule has 3 aromatic rings. The van der Waals surface area contributed by atoms with Gasteiger partial charge in [-0.25, -0.2) is 5.43 Å². The molecule has 0 saturated heterocycles. The quantitative estimate of drug-likeness (QED) is 0.326. The molecule has 0 heterocycles. The molecule has 2 amide bonds. The first-order chi connectivity index (χ1) is 17.4. The van der Waals surface area contributed by atoms with Crippen LogP contribution in [-0.2, 0) is 0 Å². The lowest BCUT2D eigenvalue weighted by atomic mass is 10.1. The van der Waals surface area contributed by atoms with Crippen LogP contribution in [0.25, 0.3) is 0 Å². The van der Waals surface area contributed by atoms with Crippen LogP contribution in [0.4, 0.5) is 5.69 Å². The molecule has 0 atom stereocenters. The van der Waals surface area contributed by atoms with Crippen molar-refractivity contribution in [3.63, 3.8) is 0 Å². The molecule has 2 N–H and O–H groups in total. The zero-order valence-electron chi connectivity index (χ0n) is 20.6. The Hall–Kier alpha value is -4.73. The van der Waals surface area contributed by atoms with Crippen LogP contribution in [0.15, 0.2) is 59.7 Å². The highest BCUT2D eigenvalue weighted by Crippen LogP contribution is 2.38. The van der Waals surface area contributed by atoms with Gasteiger partial charge in [-0.05, 0) is 48.5 Å². The summed E-state index contributed by atoms with van der Waals surface area (Å²) in [5, 5.41) is 6.76. The number of amides is 2. The lowest BCUT2D eigenvalue weighted by Crippen LogP contribution is -2.18. The van der Waals surface area contributed by atoms with Crippen molar-refractivity contribution in [1.82, 2.24) is 5.43 Å². The molecular weight excluding hydrogens is 466 g/mol. The van der Waals surface area contributed by atoms with Gasteiger partial charge in [0.05, 0.1) is 41.8 Å². The Morgan fingerprint density at radius 2 is 1.33 bits per heavy atom. The van der Waals surface area contributed by atoms with Crippen LogP contribution in [-0.4, -0.2) is 53.6 Å². The van der Waals surface area contributed by atoms with Gasteiger partial charge in [-0.2, -0.15) is 5.10 Å². The maximum atomic E-state index is 12.8. The predicted octanol–water partition coefficient (Wildman–Crippen LogP) is 3.75. The summed E-state index contributed by atoms with van der Waals surface area (Å²) < 4.78 is 26.3. The van der Waals surface area contributed by atoms with Crippen LogP contribution in [0.1, 0.15) is 26.3 Å². The highest BCUT2D eigenvalue weighted by Gasteiger charge is 2.17. The Labute approximate surface area is 208 Å². The molecule has 0 saturated carbocycles. The van der Waals surface area contributed by atoms with E-state index in [0.29, 0.717) is 51.1 Å². The molecule has 0 fully saturated rings. The fourth-order valence-electron chi connectivity index (χ4n) is 3.27. The smallest absolute Gasteiger partial charge is 0.271 e. The van der Waals surface area contributed by atoms with Crippen molar-refractivity contribution in [3.05, 3.63) is 71.3 Å². The fraction of sp³-hybridized carbons (Fsp3) is 0.192. The number of benzene rings is 3. The van der Waals surface area contributed by atoms with E-state index in [9.17, 15) is 9.59 Å². The van der Waals surface area contributed by atoms with Crippen molar-refractivity contribution in [2.75, 3.05) is 40.9 Å². The van der Waals surface area contributed by atoms with Gasteiger partial charge in [0.1, 0.15) is 11.5 Å². The van der Waals surface area contributed by atoms with Crippen molar-refractivity contribution in [3.8, 4) is 28.7 Å². The minimum atomic E-state index is -0.416. The molecule has 188 valence electrons. The van der Waals surface area contributed by atoms with E-state index in [0.717, 1.165) is 0 Å². The van der Waals surface area contributed by atoms with E-state index >= 15 is 0 Å². The minimum absolute atomic E-state index is 0.314. The molecule has 0 spiro atoms. The highest BCUT2D eigenvalue weighted by molar-refractivity contribution is 6.05. The van der Waals surface area contributed by atoms with E-state index in [2.05, 4.69) is 15.8 Å². The zero-order chi connectivity index (χ0) is 26.1. The third-order valence-corrected chi connectivity index (χ3v) is 5.14. The molecule has 3 rings (SSSR count). The average Bonchev–Trinajstić information content (AvgIpc) is 2.92. The Morgan fingerprint density at radius 1 is 0.694 bits per heavy atom. The Bertz CT molecular complexity index is 1230. The van der Waals surface area contributed by atoms with Crippen LogP contribution < -0.4 is 34.4 Å². The van der Waals surface area contributed by atoms with Gasteiger partial charge in [0.25, 0.3) is 11.8 Å². The Morgan fingerprint density at radius 3 is 1.89 bits per heavy atom. The normalized spacial score (nSPS) is 10.5. The van der Waals surface area contributed by atoms with Crippen molar-refractivity contribution in [2.45, 2.75) is 0 Å². The summed E-state index contributed by atoms with van der Waals surface area (Å²) in [7, 11) is 7.53. The second-order valence-corrected chi connectivity index (χ2v) is 7.25. The number of anilines is 1. The molecule has 10 heteroatoms. The van der Waals surface area contributed by atoms with Crippen molar-refractivity contribution >= 4 is 23.7 Å². The zero-order valence-corrected chi connectivity index (χ0v) is 20.6. The van der Waals surface area contributed by atoms with Gasteiger partial charge in [-0.1, -0.05) is 0 Å². The number of nitrogens with zero attached hydrogens (tertiary/aromatic N) is 1. The molecule has 0 aliphatic carbocycles. The summed E-state index contributed by atoms with van der Waals surface area (Å²) >= 11 is 0. The number of hydrazone groups is 1. The predicted molar refractivity (Wildman–Crippen MR) is 135 cm³/mol. The second kappa shape index (κ2) is 12.1. The standard InChI is InChI=1S/C26H27N3O7/c1-32-20-11-8-17(21(14-20)33-2)15-27-29-26(31)16-6-9-19(10-7-16)28-25(30)18-12-22(34-3)24(36-5)23(13-18)35-4/h6-15H,1-5H3,(H,28,30)(H,29,31)/b27-15-. The fourth-order valence-corrected chi connectivity index (χ4v) is 3.27. The largest absolute Gasteiger partial charge is 0.497 e. The van der Waals surface area contributed by atoms with E-state index in [4.69, 9.17) is 23.7 Å². The first-order valence-electron chi connectivity index (χ1n) is 10.7. The Kier molecular flexibility index (Phi) is 8.71. The van der Waals surface area contributed by atoms with Crippen LogP contribution in [0.3, 0.4) is 0 Å². The van der Waals surface area contributed by atoms with E-state index in [1.54, 1.807) is 61.7 Å². The molecule has 0 unspecified atom stereocenters.